The summed E-state index contributed by atoms with van der Waals surface area (Å²) >= 11 is 0. The second-order valence-electron chi connectivity index (χ2n) is 3.07. The first-order valence-electron chi connectivity index (χ1n) is 4.76. The van der Waals surface area contributed by atoms with Crippen LogP contribution in [0.2, 0.25) is 0 Å². The molecule has 0 aromatic carbocycles. The average Bonchev–Trinajstić information content (AvgIpc) is 2.05. The van der Waals surface area contributed by atoms with Crippen molar-refractivity contribution in [2.75, 3.05) is 0 Å². The summed E-state index contributed by atoms with van der Waals surface area (Å²) in [6.45, 7) is 2.16. The van der Waals surface area contributed by atoms with Crippen molar-refractivity contribution in [2.24, 2.45) is 0 Å². The predicted molar refractivity (Wildman–Crippen MR) is 49.1 cm³/mol. The highest BCUT2D eigenvalue weighted by Crippen LogP contribution is 2.05. The third-order valence-electron chi connectivity index (χ3n) is 1.87. The van der Waals surface area contributed by atoms with E-state index >= 15 is 0 Å². The van der Waals surface area contributed by atoms with Gasteiger partial charge in [0.1, 0.15) is 12.1 Å². The number of carbonyl (C=O) groups excluding carboxylic acids is 2. The monoisotopic (exact) mass is 170 g/mol. The molecule has 0 aliphatic rings. The first kappa shape index (κ1) is 11.3. The maximum atomic E-state index is 10.8. The lowest BCUT2D eigenvalue weighted by Crippen LogP contribution is -1.97. The smallest absolute Gasteiger partial charge is 0.139 e. The molecule has 0 aromatic rings. The standard InChI is InChI=1S/C10H18O2/c1-2-3-4-5-6-7-10(12)8-9-11/h9H,2-8H2,1H3. The second-order valence-corrected chi connectivity index (χ2v) is 3.07. The molecule has 0 unspecified atom stereocenters. The molecule has 0 fully saturated rings. The first-order chi connectivity index (χ1) is 5.81. The molecule has 0 amide bonds. The van der Waals surface area contributed by atoms with E-state index in [-0.39, 0.29) is 12.2 Å². The molecule has 70 valence electrons. The third kappa shape index (κ3) is 7.45. The van der Waals surface area contributed by atoms with Gasteiger partial charge in [0.25, 0.3) is 0 Å². The van der Waals surface area contributed by atoms with Gasteiger partial charge in [-0.05, 0) is 6.42 Å². The van der Waals surface area contributed by atoms with E-state index in [0.29, 0.717) is 12.7 Å². The zero-order valence-electron chi connectivity index (χ0n) is 7.84. The molecule has 0 N–H and O–H groups in total. The van der Waals surface area contributed by atoms with Crippen LogP contribution in [0.4, 0.5) is 0 Å². The Kier molecular flexibility index (Phi) is 7.97. The Bertz CT molecular complexity index is 130. The maximum absolute atomic E-state index is 10.8. The molecule has 0 atom stereocenters. The summed E-state index contributed by atoms with van der Waals surface area (Å²) in [4.78, 5) is 20.8. The molecule has 0 saturated carbocycles. The molecule has 0 rings (SSSR count). The van der Waals surface area contributed by atoms with Crippen molar-refractivity contribution in [3.05, 3.63) is 0 Å². The predicted octanol–water partition coefficient (Wildman–Crippen LogP) is 2.51. The molecule has 0 saturated heterocycles. The van der Waals surface area contributed by atoms with Crippen LogP contribution in [-0.2, 0) is 9.59 Å². The van der Waals surface area contributed by atoms with E-state index < -0.39 is 0 Å². The van der Waals surface area contributed by atoms with Gasteiger partial charge in [-0.1, -0.05) is 32.6 Å². The van der Waals surface area contributed by atoms with E-state index in [2.05, 4.69) is 6.92 Å². The molecule has 0 bridgehead atoms. The van der Waals surface area contributed by atoms with Gasteiger partial charge in [0.05, 0.1) is 6.42 Å². The van der Waals surface area contributed by atoms with Crippen molar-refractivity contribution in [1.29, 1.82) is 0 Å². The molecule has 0 spiro atoms. The van der Waals surface area contributed by atoms with Crippen LogP contribution in [0, 0.1) is 0 Å². The van der Waals surface area contributed by atoms with E-state index in [1.165, 1.54) is 19.3 Å². The van der Waals surface area contributed by atoms with Crippen LogP contribution in [0.1, 0.15) is 51.9 Å². The molecule has 0 heterocycles. The Balaban J connectivity index is 3.08. The van der Waals surface area contributed by atoms with Crippen LogP contribution in [0.25, 0.3) is 0 Å². The lowest BCUT2D eigenvalue weighted by molar-refractivity contribution is -0.122. The largest absolute Gasteiger partial charge is 0.303 e. The zero-order valence-corrected chi connectivity index (χ0v) is 7.84. The van der Waals surface area contributed by atoms with Crippen LogP contribution < -0.4 is 0 Å². The minimum Gasteiger partial charge on any atom is -0.303 e. The number of carbonyl (C=O) groups is 2. The molecule has 12 heavy (non-hydrogen) atoms. The molecular weight excluding hydrogens is 152 g/mol. The van der Waals surface area contributed by atoms with E-state index in [0.717, 1.165) is 12.8 Å². The van der Waals surface area contributed by atoms with Crippen LogP contribution in [0.3, 0.4) is 0 Å². The summed E-state index contributed by atoms with van der Waals surface area (Å²) in [6.07, 6.45) is 7.14. The van der Waals surface area contributed by atoms with Crippen LogP contribution in [0.15, 0.2) is 0 Å². The lowest BCUT2D eigenvalue weighted by atomic mass is 10.1. The summed E-state index contributed by atoms with van der Waals surface area (Å²) in [5.41, 5.74) is 0. The van der Waals surface area contributed by atoms with E-state index in [1.54, 1.807) is 0 Å². The Morgan fingerprint density at radius 2 is 1.83 bits per heavy atom. The topological polar surface area (TPSA) is 34.1 Å². The summed E-state index contributed by atoms with van der Waals surface area (Å²) in [7, 11) is 0. The average molecular weight is 170 g/mol. The van der Waals surface area contributed by atoms with Gasteiger partial charge in [-0.25, -0.2) is 0 Å². The van der Waals surface area contributed by atoms with Gasteiger partial charge in [-0.3, -0.25) is 4.79 Å². The van der Waals surface area contributed by atoms with Crippen molar-refractivity contribution < 1.29 is 9.59 Å². The summed E-state index contributed by atoms with van der Waals surface area (Å²) < 4.78 is 0. The number of unbranched alkanes of at least 4 members (excludes halogenated alkanes) is 4. The molecule has 2 heteroatoms. The Morgan fingerprint density at radius 3 is 2.42 bits per heavy atom. The van der Waals surface area contributed by atoms with Gasteiger partial charge in [0.15, 0.2) is 0 Å². The van der Waals surface area contributed by atoms with Crippen molar-refractivity contribution in [3.8, 4) is 0 Å². The summed E-state index contributed by atoms with van der Waals surface area (Å²) in [5, 5.41) is 0. The number of rotatable bonds is 8. The fourth-order valence-electron chi connectivity index (χ4n) is 1.12. The van der Waals surface area contributed by atoms with Gasteiger partial charge >= 0.3 is 0 Å². The molecule has 0 radical (unpaired) electrons. The third-order valence-corrected chi connectivity index (χ3v) is 1.87. The van der Waals surface area contributed by atoms with Gasteiger partial charge in [-0.15, -0.1) is 0 Å². The van der Waals surface area contributed by atoms with E-state index in [4.69, 9.17) is 0 Å². The van der Waals surface area contributed by atoms with Crippen molar-refractivity contribution >= 4 is 12.1 Å². The first-order valence-corrected chi connectivity index (χ1v) is 4.76. The number of Topliss-reactive ketones (excluding diaryl/α,β-unsaturated/α-hetero) is 1. The molecular formula is C10H18O2. The second kappa shape index (κ2) is 8.44. The maximum Gasteiger partial charge on any atom is 0.139 e. The number of hydrogen-bond acceptors (Lipinski definition) is 2. The molecule has 2 nitrogen and oxygen atoms in total. The van der Waals surface area contributed by atoms with Crippen LogP contribution in [-0.4, -0.2) is 12.1 Å². The molecule has 0 aliphatic carbocycles. The van der Waals surface area contributed by atoms with Crippen molar-refractivity contribution in [3.63, 3.8) is 0 Å². The number of ketones is 1. The van der Waals surface area contributed by atoms with Crippen LogP contribution in [0.5, 0.6) is 0 Å². The normalized spacial score (nSPS) is 9.75. The van der Waals surface area contributed by atoms with E-state index in [1.807, 2.05) is 0 Å². The Morgan fingerprint density at radius 1 is 1.17 bits per heavy atom. The summed E-state index contributed by atoms with van der Waals surface area (Å²) in [6, 6.07) is 0. The minimum absolute atomic E-state index is 0.0847. The van der Waals surface area contributed by atoms with Gasteiger partial charge < -0.3 is 4.79 Å². The minimum atomic E-state index is 0.0847. The molecule has 0 aromatic heterocycles. The quantitative estimate of drug-likeness (QED) is 0.318. The van der Waals surface area contributed by atoms with Gasteiger partial charge in [-0.2, -0.15) is 0 Å². The Hall–Kier alpha value is -0.660. The summed E-state index contributed by atoms with van der Waals surface area (Å²) in [5.74, 6) is 0.0847. The van der Waals surface area contributed by atoms with Gasteiger partial charge in [0, 0.05) is 6.42 Å². The lowest BCUT2D eigenvalue weighted by Gasteiger charge is -1.97. The highest BCUT2D eigenvalue weighted by Gasteiger charge is 1.99. The number of hydrogen-bond donors (Lipinski definition) is 0. The molecule has 0 aliphatic heterocycles. The van der Waals surface area contributed by atoms with Crippen molar-refractivity contribution in [1.82, 2.24) is 0 Å². The van der Waals surface area contributed by atoms with E-state index in [9.17, 15) is 9.59 Å². The van der Waals surface area contributed by atoms with Crippen molar-refractivity contribution in [2.45, 2.75) is 51.9 Å². The fraction of sp³-hybridized carbons (Fsp3) is 0.800. The fourth-order valence-corrected chi connectivity index (χ4v) is 1.12. The highest BCUT2D eigenvalue weighted by molar-refractivity contribution is 5.89. The Labute approximate surface area is 74.3 Å². The zero-order chi connectivity index (χ0) is 9.23. The van der Waals surface area contributed by atoms with Crippen LogP contribution >= 0.6 is 0 Å². The number of aldehydes is 1. The van der Waals surface area contributed by atoms with Gasteiger partial charge in [0.2, 0.25) is 0 Å². The SMILES string of the molecule is CCCCCCCC(=O)CC=O. The highest BCUT2D eigenvalue weighted by atomic mass is 16.1.